The summed E-state index contributed by atoms with van der Waals surface area (Å²) < 4.78 is 37.0. The first-order valence-electron chi connectivity index (χ1n) is 6.94. The van der Waals surface area contributed by atoms with Crippen molar-refractivity contribution >= 4 is 15.9 Å². The molecule has 1 fully saturated rings. The third-order valence-electron chi connectivity index (χ3n) is 3.45. The monoisotopic (exact) mass is 328 g/mol. The molecular weight excluding hydrogens is 308 g/mol. The van der Waals surface area contributed by atoms with Gasteiger partial charge in [-0.2, -0.15) is 0 Å². The van der Waals surface area contributed by atoms with Crippen LogP contribution < -0.4 is 9.46 Å². The summed E-state index contributed by atoms with van der Waals surface area (Å²) in [7, 11) is -2.20. The van der Waals surface area contributed by atoms with E-state index in [1.807, 2.05) is 0 Å². The number of ether oxygens (including phenoxy) is 2. The first-order chi connectivity index (χ1) is 10.4. The van der Waals surface area contributed by atoms with Crippen LogP contribution in [0.1, 0.15) is 5.56 Å². The Balaban J connectivity index is 2.01. The van der Waals surface area contributed by atoms with E-state index in [9.17, 15) is 13.2 Å². The Labute approximate surface area is 130 Å². The van der Waals surface area contributed by atoms with Crippen molar-refractivity contribution in [2.45, 2.75) is 11.8 Å². The predicted octanol–water partition coefficient (Wildman–Crippen LogP) is 0.141. The van der Waals surface area contributed by atoms with Crippen LogP contribution in [0, 0.1) is 6.92 Å². The lowest BCUT2D eigenvalue weighted by atomic mass is 10.2. The van der Waals surface area contributed by atoms with Gasteiger partial charge in [0, 0.05) is 13.1 Å². The summed E-state index contributed by atoms with van der Waals surface area (Å²) >= 11 is 0. The van der Waals surface area contributed by atoms with Crippen LogP contribution in [-0.2, 0) is 19.6 Å². The zero-order valence-electron chi connectivity index (χ0n) is 12.7. The van der Waals surface area contributed by atoms with Gasteiger partial charge in [-0.1, -0.05) is 0 Å². The minimum absolute atomic E-state index is 0.112. The minimum atomic E-state index is -3.73. The van der Waals surface area contributed by atoms with Crippen molar-refractivity contribution in [2.24, 2.45) is 0 Å². The molecular formula is C14H20N2O5S. The van der Waals surface area contributed by atoms with E-state index in [4.69, 9.17) is 9.47 Å². The molecule has 122 valence electrons. The summed E-state index contributed by atoms with van der Waals surface area (Å²) in [4.78, 5) is 13.7. The lowest BCUT2D eigenvalue weighted by Gasteiger charge is -2.26. The number of aryl methyl sites for hydroxylation is 1. The number of morpholine rings is 1. The van der Waals surface area contributed by atoms with Gasteiger partial charge in [0.1, 0.15) is 5.75 Å². The van der Waals surface area contributed by atoms with Gasteiger partial charge in [0.25, 0.3) is 0 Å². The van der Waals surface area contributed by atoms with Crippen LogP contribution in [0.4, 0.5) is 0 Å². The quantitative estimate of drug-likeness (QED) is 0.831. The number of methoxy groups -OCH3 is 1. The number of rotatable bonds is 5. The van der Waals surface area contributed by atoms with Gasteiger partial charge >= 0.3 is 0 Å². The molecule has 1 saturated heterocycles. The van der Waals surface area contributed by atoms with Crippen molar-refractivity contribution in [2.75, 3.05) is 40.0 Å². The predicted molar refractivity (Wildman–Crippen MR) is 80.3 cm³/mol. The molecule has 1 N–H and O–H groups in total. The fraction of sp³-hybridized carbons (Fsp3) is 0.500. The van der Waals surface area contributed by atoms with Crippen LogP contribution in [0.2, 0.25) is 0 Å². The first-order valence-corrected chi connectivity index (χ1v) is 8.42. The largest absolute Gasteiger partial charge is 0.496 e. The summed E-state index contributed by atoms with van der Waals surface area (Å²) in [5.74, 6) is 0.362. The number of amides is 1. The van der Waals surface area contributed by atoms with Crippen molar-refractivity contribution in [3.05, 3.63) is 23.8 Å². The Bertz CT molecular complexity index is 639. The molecule has 0 atom stereocenters. The van der Waals surface area contributed by atoms with Crippen LogP contribution >= 0.6 is 0 Å². The summed E-state index contributed by atoms with van der Waals surface area (Å²) in [6, 6.07) is 4.56. The maximum atomic E-state index is 12.2. The van der Waals surface area contributed by atoms with Gasteiger partial charge in [0.05, 0.1) is 31.8 Å². The molecule has 0 spiro atoms. The highest BCUT2D eigenvalue weighted by molar-refractivity contribution is 7.89. The molecule has 0 aliphatic carbocycles. The van der Waals surface area contributed by atoms with Crippen molar-refractivity contribution in [1.82, 2.24) is 9.62 Å². The second kappa shape index (κ2) is 7.08. The summed E-state index contributed by atoms with van der Waals surface area (Å²) in [5, 5.41) is 0. The molecule has 1 amide bonds. The minimum Gasteiger partial charge on any atom is -0.496 e. The molecule has 1 aliphatic heterocycles. The first kappa shape index (κ1) is 16.7. The van der Waals surface area contributed by atoms with E-state index in [1.54, 1.807) is 17.9 Å². The molecule has 1 heterocycles. The van der Waals surface area contributed by atoms with Crippen LogP contribution in [0.3, 0.4) is 0 Å². The number of sulfonamides is 1. The summed E-state index contributed by atoms with van der Waals surface area (Å²) in [6.07, 6.45) is 0. The van der Waals surface area contributed by atoms with E-state index >= 15 is 0 Å². The number of nitrogens with zero attached hydrogens (tertiary/aromatic N) is 1. The molecule has 2 rings (SSSR count). The molecule has 1 aromatic carbocycles. The maximum Gasteiger partial charge on any atom is 0.241 e. The Morgan fingerprint density at radius 1 is 1.36 bits per heavy atom. The number of hydrogen-bond acceptors (Lipinski definition) is 5. The average molecular weight is 328 g/mol. The maximum absolute atomic E-state index is 12.2. The molecule has 0 radical (unpaired) electrons. The van der Waals surface area contributed by atoms with Crippen molar-refractivity contribution in [3.8, 4) is 5.75 Å². The lowest BCUT2D eigenvalue weighted by Crippen LogP contribution is -2.45. The van der Waals surface area contributed by atoms with E-state index in [0.717, 1.165) is 0 Å². The molecule has 22 heavy (non-hydrogen) atoms. The SMILES string of the molecule is COc1ccc(S(=O)(=O)NCC(=O)N2CCOCC2)cc1C. The second-order valence-corrected chi connectivity index (χ2v) is 6.72. The number of hydrogen-bond donors (Lipinski definition) is 1. The van der Waals surface area contributed by atoms with E-state index in [2.05, 4.69) is 4.72 Å². The van der Waals surface area contributed by atoms with Gasteiger partial charge in [-0.15, -0.1) is 0 Å². The number of carbonyl (C=O) groups is 1. The molecule has 7 nitrogen and oxygen atoms in total. The molecule has 0 saturated carbocycles. The Kier molecular flexibility index (Phi) is 5.38. The van der Waals surface area contributed by atoms with Gasteiger partial charge in [0.2, 0.25) is 15.9 Å². The van der Waals surface area contributed by atoms with Gasteiger partial charge in [0.15, 0.2) is 0 Å². The van der Waals surface area contributed by atoms with Crippen molar-refractivity contribution in [1.29, 1.82) is 0 Å². The van der Waals surface area contributed by atoms with Crippen LogP contribution in [0.25, 0.3) is 0 Å². The second-order valence-electron chi connectivity index (χ2n) is 4.95. The van der Waals surface area contributed by atoms with Crippen molar-refractivity contribution < 1.29 is 22.7 Å². The smallest absolute Gasteiger partial charge is 0.241 e. The lowest BCUT2D eigenvalue weighted by molar-refractivity contribution is -0.133. The van der Waals surface area contributed by atoms with E-state index in [-0.39, 0.29) is 17.3 Å². The Morgan fingerprint density at radius 3 is 2.64 bits per heavy atom. The van der Waals surface area contributed by atoms with Gasteiger partial charge in [-0.25, -0.2) is 13.1 Å². The Morgan fingerprint density at radius 2 is 2.05 bits per heavy atom. The molecule has 0 aromatic heterocycles. The van der Waals surface area contributed by atoms with Gasteiger partial charge in [-0.3, -0.25) is 4.79 Å². The highest BCUT2D eigenvalue weighted by Gasteiger charge is 2.21. The van der Waals surface area contributed by atoms with Crippen LogP contribution in [0.15, 0.2) is 23.1 Å². The molecule has 8 heteroatoms. The molecule has 0 unspecified atom stereocenters. The van der Waals surface area contributed by atoms with E-state index in [1.165, 1.54) is 19.2 Å². The van der Waals surface area contributed by atoms with E-state index in [0.29, 0.717) is 37.6 Å². The summed E-state index contributed by atoms with van der Waals surface area (Å²) in [6.45, 7) is 3.45. The highest BCUT2D eigenvalue weighted by Crippen LogP contribution is 2.21. The van der Waals surface area contributed by atoms with Gasteiger partial charge in [-0.05, 0) is 30.7 Å². The molecule has 1 aliphatic rings. The highest BCUT2D eigenvalue weighted by atomic mass is 32.2. The molecule has 1 aromatic rings. The zero-order valence-corrected chi connectivity index (χ0v) is 13.5. The Hall–Kier alpha value is -1.64. The topological polar surface area (TPSA) is 84.9 Å². The number of carbonyl (C=O) groups excluding carboxylic acids is 1. The van der Waals surface area contributed by atoms with Gasteiger partial charge < -0.3 is 14.4 Å². The number of nitrogens with one attached hydrogen (secondary N) is 1. The third kappa shape index (κ3) is 3.96. The van der Waals surface area contributed by atoms with Crippen LogP contribution in [-0.4, -0.2) is 59.2 Å². The fourth-order valence-electron chi connectivity index (χ4n) is 2.18. The van der Waals surface area contributed by atoms with Crippen molar-refractivity contribution in [3.63, 3.8) is 0 Å². The van der Waals surface area contributed by atoms with Crippen LogP contribution in [0.5, 0.6) is 5.75 Å². The third-order valence-corrected chi connectivity index (χ3v) is 4.85. The van der Waals surface area contributed by atoms with E-state index < -0.39 is 10.0 Å². The molecule has 0 bridgehead atoms. The average Bonchev–Trinajstić information content (AvgIpc) is 2.53. The standard InChI is InChI=1S/C14H20N2O5S/c1-11-9-12(3-4-13(11)20-2)22(18,19)15-10-14(17)16-5-7-21-8-6-16/h3-4,9,15H,5-8,10H2,1-2H3. The summed E-state index contributed by atoms with van der Waals surface area (Å²) in [5.41, 5.74) is 0.713. The normalized spacial score (nSPS) is 15.6. The number of benzene rings is 1. The fourth-order valence-corrected chi connectivity index (χ4v) is 3.24. The zero-order chi connectivity index (χ0) is 16.2.